The van der Waals surface area contributed by atoms with Crippen LogP contribution in [-0.2, 0) is 5.41 Å². The first-order valence-corrected chi connectivity index (χ1v) is 22.7. The third-order valence-electron chi connectivity index (χ3n) is 13.0. The lowest BCUT2D eigenvalue weighted by molar-refractivity contribution is 0.660. The first-order chi connectivity index (χ1) is 29.0. The predicted molar refractivity (Wildman–Crippen MR) is 255 cm³/mol. The molecule has 2 heteroatoms. The number of nitrogens with zero attached hydrogens (tertiary/aromatic N) is 1. The molecular formula is C57H43NSi. The van der Waals surface area contributed by atoms with E-state index >= 15 is 0 Å². The fourth-order valence-electron chi connectivity index (χ4n) is 10.2. The van der Waals surface area contributed by atoms with Gasteiger partial charge < -0.3 is 4.90 Å². The van der Waals surface area contributed by atoms with Gasteiger partial charge in [0.2, 0.25) is 0 Å². The normalized spacial score (nSPS) is 13.1. The number of rotatable bonds is 7. The van der Waals surface area contributed by atoms with Gasteiger partial charge in [-0.3, -0.25) is 0 Å². The highest BCUT2D eigenvalue weighted by Gasteiger charge is 2.42. The number of hydrogen-bond donors (Lipinski definition) is 0. The zero-order valence-corrected chi connectivity index (χ0v) is 34.3. The second-order valence-corrected chi connectivity index (χ2v) is 20.3. The average Bonchev–Trinajstić information content (AvgIpc) is 3.53. The molecule has 10 aromatic rings. The Kier molecular flexibility index (Phi) is 8.25. The number of anilines is 3. The van der Waals surface area contributed by atoms with Crippen LogP contribution in [0.3, 0.4) is 0 Å². The Morgan fingerprint density at radius 2 is 0.729 bits per heavy atom. The van der Waals surface area contributed by atoms with Gasteiger partial charge in [0.05, 0.1) is 0 Å². The summed E-state index contributed by atoms with van der Waals surface area (Å²) in [5, 5.41) is 13.2. The lowest BCUT2D eigenvalue weighted by atomic mass is 9.82. The lowest BCUT2D eigenvalue weighted by Crippen LogP contribution is -2.74. The molecule has 1 nitrogen and oxygen atoms in total. The molecule has 0 unspecified atom stereocenters. The summed E-state index contributed by atoms with van der Waals surface area (Å²) < 4.78 is 0. The molecule has 1 aliphatic carbocycles. The smallest absolute Gasteiger partial charge is 0.179 e. The molecule has 1 aliphatic rings. The molecule has 0 fully saturated rings. The Bertz CT molecular complexity index is 3100. The van der Waals surface area contributed by atoms with Gasteiger partial charge in [0.25, 0.3) is 0 Å². The van der Waals surface area contributed by atoms with Crippen molar-refractivity contribution in [1.29, 1.82) is 0 Å². The molecule has 0 atom stereocenters. The van der Waals surface area contributed by atoms with Crippen molar-refractivity contribution in [3.63, 3.8) is 0 Å². The van der Waals surface area contributed by atoms with Gasteiger partial charge in [-0.15, -0.1) is 0 Å². The molecule has 0 amide bonds. The second kappa shape index (κ2) is 13.8. The maximum absolute atomic E-state index is 2.88. The Labute approximate surface area is 347 Å². The van der Waals surface area contributed by atoms with Crippen LogP contribution in [-0.4, -0.2) is 8.07 Å². The molecule has 10 aromatic carbocycles. The Balaban J connectivity index is 1.13. The SMILES string of the molecule is CC1(C)c2ccccc2-c2ccc(N(c3ccccc3)c3ccc([Si](c4ccccc4)(c4ccccc4)c4ccc5c6ccccc6c6ccccc6c5c4)cc3)cc21. The van der Waals surface area contributed by atoms with Crippen LogP contribution in [0.1, 0.15) is 25.0 Å². The fourth-order valence-corrected chi connectivity index (χ4v) is 15.0. The van der Waals surface area contributed by atoms with Gasteiger partial charge in [0, 0.05) is 22.5 Å². The van der Waals surface area contributed by atoms with Crippen LogP contribution in [0.15, 0.2) is 224 Å². The minimum Gasteiger partial charge on any atom is -0.310 e. The van der Waals surface area contributed by atoms with Gasteiger partial charge in [-0.1, -0.05) is 202 Å². The van der Waals surface area contributed by atoms with Crippen molar-refractivity contribution in [2.75, 3.05) is 4.90 Å². The standard InChI is InChI=1S/C57H43NSi/c1-57(2)55-29-17-16-28-52(55)53-36-32-42(38-56(53)57)58(40-18-6-3-7-19-40)41-30-33-45(34-31-41)59(43-20-8-4-9-21-43,44-22-10-5-11-23-44)46-35-37-51-49-26-13-12-24-47(49)48-25-14-15-27-50(48)54(51)39-46/h3-39H,1-2H3. The van der Waals surface area contributed by atoms with Crippen LogP contribution in [0.25, 0.3) is 43.4 Å². The van der Waals surface area contributed by atoms with Crippen LogP contribution in [0, 0.1) is 0 Å². The third kappa shape index (κ3) is 5.44. The maximum Gasteiger partial charge on any atom is 0.179 e. The van der Waals surface area contributed by atoms with Crippen molar-refractivity contribution < 1.29 is 0 Å². The van der Waals surface area contributed by atoms with E-state index in [-0.39, 0.29) is 5.41 Å². The summed E-state index contributed by atoms with van der Waals surface area (Å²) in [7, 11) is -2.88. The van der Waals surface area contributed by atoms with Crippen LogP contribution >= 0.6 is 0 Å². The highest BCUT2D eigenvalue weighted by atomic mass is 28.3. The number of para-hydroxylation sites is 1. The molecule has 0 radical (unpaired) electrons. The second-order valence-electron chi connectivity index (χ2n) is 16.5. The fraction of sp³-hybridized carbons (Fsp3) is 0.0526. The van der Waals surface area contributed by atoms with E-state index in [1.807, 2.05) is 0 Å². The van der Waals surface area contributed by atoms with Gasteiger partial charge in [0.1, 0.15) is 0 Å². The number of benzene rings is 10. The molecular weight excluding hydrogens is 727 g/mol. The summed E-state index contributed by atoms with van der Waals surface area (Å²) in [4.78, 5) is 2.42. The van der Waals surface area contributed by atoms with Crippen molar-refractivity contribution in [2.45, 2.75) is 19.3 Å². The highest BCUT2D eigenvalue weighted by molar-refractivity contribution is 7.20. The van der Waals surface area contributed by atoms with Crippen molar-refractivity contribution in [2.24, 2.45) is 0 Å². The summed E-state index contributed by atoms with van der Waals surface area (Å²) in [5.74, 6) is 0. The van der Waals surface area contributed by atoms with Crippen LogP contribution in [0.2, 0.25) is 0 Å². The molecule has 0 spiro atoms. The summed E-state index contributed by atoms with van der Waals surface area (Å²) >= 11 is 0. The van der Waals surface area contributed by atoms with Gasteiger partial charge in [0.15, 0.2) is 8.07 Å². The van der Waals surface area contributed by atoms with Crippen LogP contribution in [0.5, 0.6) is 0 Å². The van der Waals surface area contributed by atoms with Crippen LogP contribution < -0.4 is 25.6 Å². The van der Waals surface area contributed by atoms with E-state index in [4.69, 9.17) is 0 Å². The molecule has 0 N–H and O–H groups in total. The number of hydrogen-bond acceptors (Lipinski definition) is 1. The van der Waals surface area contributed by atoms with E-state index < -0.39 is 8.07 Å². The minimum atomic E-state index is -2.88. The Morgan fingerprint density at radius 1 is 0.305 bits per heavy atom. The highest BCUT2D eigenvalue weighted by Crippen LogP contribution is 2.50. The first kappa shape index (κ1) is 35.2. The maximum atomic E-state index is 2.53. The molecule has 0 heterocycles. The molecule has 0 saturated carbocycles. The summed E-state index contributed by atoms with van der Waals surface area (Å²) in [6.45, 7) is 4.72. The topological polar surface area (TPSA) is 3.24 Å². The molecule has 11 rings (SSSR count). The predicted octanol–water partition coefficient (Wildman–Crippen LogP) is 12.3. The zero-order chi connectivity index (χ0) is 39.6. The van der Waals surface area contributed by atoms with Gasteiger partial charge >= 0.3 is 0 Å². The Morgan fingerprint density at radius 3 is 1.34 bits per heavy atom. The lowest BCUT2D eigenvalue weighted by Gasteiger charge is -2.35. The van der Waals surface area contributed by atoms with E-state index in [9.17, 15) is 0 Å². The monoisotopic (exact) mass is 769 g/mol. The quantitative estimate of drug-likeness (QED) is 0.0886. The molecule has 0 bridgehead atoms. The molecule has 0 aromatic heterocycles. The van der Waals surface area contributed by atoms with E-state index in [1.165, 1.54) is 75.3 Å². The Hall–Kier alpha value is -7.00. The van der Waals surface area contributed by atoms with E-state index in [0.29, 0.717) is 0 Å². The van der Waals surface area contributed by atoms with E-state index in [0.717, 1.165) is 17.1 Å². The van der Waals surface area contributed by atoms with Crippen molar-refractivity contribution in [1.82, 2.24) is 0 Å². The van der Waals surface area contributed by atoms with Gasteiger partial charge in [-0.25, -0.2) is 0 Å². The molecule has 280 valence electrons. The summed E-state index contributed by atoms with van der Waals surface area (Å²) in [5.41, 5.74) is 8.76. The molecule has 0 saturated heterocycles. The zero-order valence-electron chi connectivity index (χ0n) is 33.3. The van der Waals surface area contributed by atoms with Gasteiger partial charge in [-0.2, -0.15) is 0 Å². The summed E-state index contributed by atoms with van der Waals surface area (Å²) in [6, 6.07) is 84.0. The van der Waals surface area contributed by atoms with Crippen LogP contribution in [0.4, 0.5) is 17.1 Å². The third-order valence-corrected chi connectivity index (χ3v) is 17.8. The molecule has 0 aliphatic heterocycles. The molecule has 59 heavy (non-hydrogen) atoms. The largest absolute Gasteiger partial charge is 0.310 e. The van der Waals surface area contributed by atoms with Gasteiger partial charge in [-0.05, 0) is 112 Å². The minimum absolute atomic E-state index is 0.0950. The summed E-state index contributed by atoms with van der Waals surface area (Å²) in [6.07, 6.45) is 0. The van der Waals surface area contributed by atoms with Crippen molar-refractivity contribution in [3.8, 4) is 11.1 Å². The van der Waals surface area contributed by atoms with Crippen molar-refractivity contribution >= 4 is 78.2 Å². The van der Waals surface area contributed by atoms with E-state index in [1.54, 1.807) is 0 Å². The van der Waals surface area contributed by atoms with E-state index in [2.05, 4.69) is 243 Å². The average molecular weight is 770 g/mol. The van der Waals surface area contributed by atoms with Crippen molar-refractivity contribution in [3.05, 3.63) is 236 Å². The number of fused-ring (bicyclic) bond motifs is 9. The first-order valence-electron chi connectivity index (χ1n) is 20.7.